The maximum Gasteiger partial charge on any atom is 0.0419 e. The molecular formula is C7H13N. The summed E-state index contributed by atoms with van der Waals surface area (Å²) < 4.78 is 0. The van der Waals surface area contributed by atoms with Gasteiger partial charge in [-0.3, -0.25) is 0 Å². The SMILES string of the molecule is C=NCCC(=C)CC. The first kappa shape index (κ1) is 7.41. The third-order valence-corrected chi connectivity index (χ3v) is 1.12. The topological polar surface area (TPSA) is 12.4 Å². The molecule has 0 radical (unpaired) electrons. The van der Waals surface area contributed by atoms with Gasteiger partial charge in [-0.05, 0) is 19.6 Å². The molecule has 0 amide bonds. The molecule has 0 aliphatic carbocycles. The van der Waals surface area contributed by atoms with Crippen LogP contribution in [0.4, 0.5) is 0 Å². The zero-order chi connectivity index (χ0) is 6.41. The fourth-order valence-corrected chi connectivity index (χ4v) is 0.414. The van der Waals surface area contributed by atoms with Gasteiger partial charge < -0.3 is 4.99 Å². The van der Waals surface area contributed by atoms with Gasteiger partial charge in [0.25, 0.3) is 0 Å². The molecule has 0 N–H and O–H groups in total. The molecule has 0 bridgehead atoms. The van der Waals surface area contributed by atoms with Crippen LogP contribution in [0.3, 0.4) is 0 Å². The summed E-state index contributed by atoms with van der Waals surface area (Å²) in [6.45, 7) is 10.1. The van der Waals surface area contributed by atoms with E-state index in [0.29, 0.717) is 0 Å². The Morgan fingerprint density at radius 1 is 1.62 bits per heavy atom. The monoisotopic (exact) mass is 111 g/mol. The average molecular weight is 111 g/mol. The first-order valence-corrected chi connectivity index (χ1v) is 2.90. The second kappa shape index (κ2) is 4.57. The van der Waals surface area contributed by atoms with E-state index in [9.17, 15) is 0 Å². The summed E-state index contributed by atoms with van der Waals surface area (Å²) in [5, 5.41) is 0. The highest BCUT2D eigenvalue weighted by molar-refractivity contribution is 5.23. The van der Waals surface area contributed by atoms with Crippen molar-refractivity contribution in [1.82, 2.24) is 0 Å². The van der Waals surface area contributed by atoms with E-state index in [-0.39, 0.29) is 0 Å². The minimum atomic E-state index is 0.826. The van der Waals surface area contributed by atoms with Crippen molar-refractivity contribution < 1.29 is 0 Å². The molecule has 0 saturated heterocycles. The van der Waals surface area contributed by atoms with Gasteiger partial charge in [0.1, 0.15) is 0 Å². The van der Waals surface area contributed by atoms with Gasteiger partial charge >= 0.3 is 0 Å². The molecule has 1 nitrogen and oxygen atoms in total. The third kappa shape index (κ3) is 3.59. The van der Waals surface area contributed by atoms with Gasteiger partial charge in [0.2, 0.25) is 0 Å². The van der Waals surface area contributed by atoms with Crippen molar-refractivity contribution in [2.24, 2.45) is 4.99 Å². The molecule has 0 atom stereocenters. The van der Waals surface area contributed by atoms with Crippen molar-refractivity contribution in [3.63, 3.8) is 0 Å². The summed E-state index contributed by atoms with van der Waals surface area (Å²) in [7, 11) is 0. The van der Waals surface area contributed by atoms with Crippen LogP contribution >= 0.6 is 0 Å². The molecule has 0 heterocycles. The Labute approximate surface area is 51.1 Å². The fourth-order valence-electron chi connectivity index (χ4n) is 0.414. The lowest BCUT2D eigenvalue weighted by atomic mass is 10.2. The van der Waals surface area contributed by atoms with Crippen molar-refractivity contribution in [3.05, 3.63) is 12.2 Å². The summed E-state index contributed by atoms with van der Waals surface area (Å²) in [6.07, 6.45) is 2.06. The largest absolute Gasteiger partial charge is 0.301 e. The standard InChI is InChI=1S/C7H13N/c1-4-7(2)5-6-8-3/h2-6H2,1H3. The fraction of sp³-hybridized carbons (Fsp3) is 0.571. The van der Waals surface area contributed by atoms with Crippen LogP contribution in [-0.4, -0.2) is 13.3 Å². The summed E-state index contributed by atoms with van der Waals surface area (Å²) in [4.78, 5) is 3.71. The summed E-state index contributed by atoms with van der Waals surface area (Å²) in [5.41, 5.74) is 1.26. The van der Waals surface area contributed by atoms with E-state index in [4.69, 9.17) is 0 Å². The maximum absolute atomic E-state index is 3.82. The zero-order valence-electron chi connectivity index (χ0n) is 5.48. The van der Waals surface area contributed by atoms with Gasteiger partial charge in [-0.1, -0.05) is 19.1 Å². The van der Waals surface area contributed by atoms with Crippen LogP contribution in [0, 0.1) is 0 Å². The molecule has 0 aromatic rings. The first-order chi connectivity index (χ1) is 3.81. The number of hydrogen-bond donors (Lipinski definition) is 0. The maximum atomic E-state index is 3.82. The minimum absolute atomic E-state index is 0.826. The number of aliphatic imine (C=N–C) groups is 1. The van der Waals surface area contributed by atoms with Gasteiger partial charge in [0, 0.05) is 6.54 Å². The quantitative estimate of drug-likeness (QED) is 0.389. The molecule has 8 heavy (non-hydrogen) atoms. The highest BCUT2D eigenvalue weighted by Gasteiger charge is 1.85. The summed E-state index contributed by atoms with van der Waals surface area (Å²) >= 11 is 0. The molecule has 0 aliphatic heterocycles. The van der Waals surface area contributed by atoms with Gasteiger partial charge in [-0.25, -0.2) is 0 Å². The summed E-state index contributed by atoms with van der Waals surface area (Å²) in [6, 6.07) is 0. The Kier molecular flexibility index (Phi) is 4.23. The first-order valence-electron chi connectivity index (χ1n) is 2.90. The predicted octanol–water partition coefficient (Wildman–Crippen LogP) is 2.04. The van der Waals surface area contributed by atoms with Crippen LogP contribution in [-0.2, 0) is 0 Å². The molecular weight excluding hydrogens is 98.1 g/mol. The lowest BCUT2D eigenvalue weighted by Crippen LogP contribution is -1.81. The highest BCUT2D eigenvalue weighted by Crippen LogP contribution is 2.00. The Balaban J connectivity index is 3.11. The molecule has 0 spiro atoms. The van der Waals surface area contributed by atoms with E-state index in [2.05, 4.69) is 25.2 Å². The number of hydrogen-bond acceptors (Lipinski definition) is 1. The molecule has 1 heteroatoms. The molecule has 46 valence electrons. The number of rotatable bonds is 4. The van der Waals surface area contributed by atoms with Crippen molar-refractivity contribution in [1.29, 1.82) is 0 Å². The van der Waals surface area contributed by atoms with E-state index in [1.54, 1.807) is 0 Å². The van der Waals surface area contributed by atoms with E-state index >= 15 is 0 Å². The Morgan fingerprint density at radius 2 is 2.25 bits per heavy atom. The van der Waals surface area contributed by atoms with Crippen LogP contribution in [0.25, 0.3) is 0 Å². The molecule has 0 aliphatic rings. The van der Waals surface area contributed by atoms with E-state index in [1.165, 1.54) is 5.57 Å². The van der Waals surface area contributed by atoms with Crippen LogP contribution in [0.5, 0.6) is 0 Å². The predicted molar refractivity (Wildman–Crippen MR) is 38.5 cm³/mol. The number of nitrogens with zero attached hydrogens (tertiary/aromatic N) is 1. The van der Waals surface area contributed by atoms with Crippen LogP contribution in [0.2, 0.25) is 0 Å². The minimum Gasteiger partial charge on any atom is -0.301 e. The second-order valence-electron chi connectivity index (χ2n) is 1.80. The zero-order valence-corrected chi connectivity index (χ0v) is 5.48. The second-order valence-corrected chi connectivity index (χ2v) is 1.80. The third-order valence-electron chi connectivity index (χ3n) is 1.12. The Morgan fingerprint density at radius 3 is 2.62 bits per heavy atom. The smallest absolute Gasteiger partial charge is 0.0419 e. The lowest BCUT2D eigenvalue weighted by Gasteiger charge is -1.94. The van der Waals surface area contributed by atoms with Crippen LogP contribution < -0.4 is 0 Å². The van der Waals surface area contributed by atoms with E-state index < -0.39 is 0 Å². The molecule has 0 aromatic heterocycles. The van der Waals surface area contributed by atoms with Crippen molar-refractivity contribution in [2.45, 2.75) is 19.8 Å². The average Bonchev–Trinajstić information content (AvgIpc) is 1.83. The molecule has 0 fully saturated rings. The van der Waals surface area contributed by atoms with E-state index in [1.807, 2.05) is 0 Å². The lowest BCUT2D eigenvalue weighted by molar-refractivity contribution is 0.905. The highest BCUT2D eigenvalue weighted by atomic mass is 14.7. The van der Waals surface area contributed by atoms with Gasteiger partial charge in [-0.2, -0.15) is 0 Å². The normalized spacial score (nSPS) is 8.62. The van der Waals surface area contributed by atoms with Crippen molar-refractivity contribution >= 4 is 6.72 Å². The van der Waals surface area contributed by atoms with Gasteiger partial charge in [0.15, 0.2) is 0 Å². The Bertz CT molecular complexity index is 84.4. The molecule has 0 rings (SSSR count). The van der Waals surface area contributed by atoms with E-state index in [0.717, 1.165) is 19.4 Å². The summed E-state index contributed by atoms with van der Waals surface area (Å²) in [5.74, 6) is 0. The van der Waals surface area contributed by atoms with Crippen molar-refractivity contribution in [3.8, 4) is 0 Å². The van der Waals surface area contributed by atoms with Crippen LogP contribution in [0.15, 0.2) is 17.1 Å². The van der Waals surface area contributed by atoms with Gasteiger partial charge in [0.05, 0.1) is 0 Å². The van der Waals surface area contributed by atoms with Crippen molar-refractivity contribution in [2.75, 3.05) is 6.54 Å². The molecule has 0 aromatic carbocycles. The van der Waals surface area contributed by atoms with Crippen LogP contribution in [0.1, 0.15) is 19.8 Å². The molecule has 0 saturated carbocycles. The Hall–Kier alpha value is -0.590. The molecule has 0 unspecified atom stereocenters. The van der Waals surface area contributed by atoms with Gasteiger partial charge in [-0.15, -0.1) is 0 Å².